The van der Waals surface area contributed by atoms with Crippen molar-refractivity contribution < 1.29 is 9.53 Å². The van der Waals surface area contributed by atoms with E-state index < -0.39 is 0 Å². The van der Waals surface area contributed by atoms with Crippen LogP contribution in [0.5, 0.6) is 0 Å². The monoisotopic (exact) mass is 234 g/mol. The van der Waals surface area contributed by atoms with Crippen molar-refractivity contribution in [2.45, 2.75) is 57.8 Å². The number of carbonyl (C=O) groups is 1. The van der Waals surface area contributed by atoms with Gasteiger partial charge in [0.25, 0.3) is 0 Å². The van der Waals surface area contributed by atoms with Gasteiger partial charge in [0.05, 0.1) is 0 Å². The zero-order chi connectivity index (χ0) is 11.4. The summed E-state index contributed by atoms with van der Waals surface area (Å²) in [6, 6.07) is 0. The minimum absolute atomic E-state index is 0.199. The molecule has 0 rings (SSSR count). The van der Waals surface area contributed by atoms with Crippen molar-refractivity contribution in [1.82, 2.24) is 0 Å². The molecule has 0 radical (unpaired) electrons. The summed E-state index contributed by atoms with van der Waals surface area (Å²) in [5, 5.41) is -0.199. The Balaban J connectivity index is 2.89. The number of rotatable bonds is 11. The molecule has 90 valence electrons. The van der Waals surface area contributed by atoms with E-state index in [2.05, 4.69) is 0 Å². The predicted molar refractivity (Wildman–Crippen MR) is 64.3 cm³/mol. The smallest absolute Gasteiger partial charge is 0.221 e. The summed E-state index contributed by atoms with van der Waals surface area (Å²) in [5.41, 5.74) is 0. The number of carbonyl (C=O) groups excluding carboxylic acids is 1. The Kier molecular flexibility index (Phi) is 11.9. The van der Waals surface area contributed by atoms with Crippen LogP contribution in [-0.4, -0.2) is 19.0 Å². The quantitative estimate of drug-likeness (QED) is 0.400. The maximum absolute atomic E-state index is 10.4. The Labute approximate surface area is 98.3 Å². The highest BCUT2D eigenvalue weighted by atomic mass is 35.5. The Morgan fingerprint density at radius 1 is 0.933 bits per heavy atom. The molecule has 0 aliphatic carbocycles. The zero-order valence-corrected chi connectivity index (χ0v) is 10.5. The third kappa shape index (κ3) is 13.9. The summed E-state index contributed by atoms with van der Waals surface area (Å²) in [5.74, 6) is 0. The van der Waals surface area contributed by atoms with Gasteiger partial charge in [-0.05, 0) is 24.4 Å². The van der Waals surface area contributed by atoms with Gasteiger partial charge in [-0.2, -0.15) is 0 Å². The second-order valence-corrected chi connectivity index (χ2v) is 4.35. The van der Waals surface area contributed by atoms with E-state index in [1.807, 2.05) is 0 Å². The van der Waals surface area contributed by atoms with E-state index in [-0.39, 0.29) is 5.24 Å². The van der Waals surface area contributed by atoms with Crippen LogP contribution >= 0.6 is 11.6 Å². The normalized spacial score (nSPS) is 10.5. The molecular weight excluding hydrogens is 212 g/mol. The predicted octanol–water partition coefficient (Wildman–Crippen LogP) is 3.91. The number of hydrogen-bond donors (Lipinski definition) is 0. The maximum atomic E-state index is 10.4. The Bertz CT molecular complexity index is 149. The van der Waals surface area contributed by atoms with Gasteiger partial charge in [0.1, 0.15) is 0 Å². The van der Waals surface area contributed by atoms with Crippen LogP contribution in [0.3, 0.4) is 0 Å². The van der Waals surface area contributed by atoms with Crippen LogP contribution in [0.4, 0.5) is 0 Å². The van der Waals surface area contributed by atoms with Crippen LogP contribution in [0, 0.1) is 0 Å². The Morgan fingerprint density at radius 3 is 1.87 bits per heavy atom. The van der Waals surface area contributed by atoms with E-state index in [1.54, 1.807) is 7.11 Å². The van der Waals surface area contributed by atoms with Gasteiger partial charge in [-0.25, -0.2) is 0 Å². The van der Waals surface area contributed by atoms with E-state index in [0.29, 0.717) is 6.42 Å². The summed E-state index contributed by atoms with van der Waals surface area (Å²) >= 11 is 5.24. The van der Waals surface area contributed by atoms with Gasteiger partial charge in [0.15, 0.2) is 0 Å². The first-order valence-electron chi connectivity index (χ1n) is 5.94. The molecule has 0 amide bonds. The number of hydrogen-bond acceptors (Lipinski definition) is 2. The lowest BCUT2D eigenvalue weighted by Gasteiger charge is -2.01. The molecule has 0 N–H and O–H groups in total. The first-order valence-corrected chi connectivity index (χ1v) is 6.32. The zero-order valence-electron chi connectivity index (χ0n) is 9.77. The minimum Gasteiger partial charge on any atom is -0.385 e. The van der Waals surface area contributed by atoms with E-state index in [9.17, 15) is 4.79 Å². The standard InChI is InChI=1S/C12H23ClO2/c1-15-11-9-7-5-3-2-4-6-8-10-12(13)14/h2-11H2,1H3. The summed E-state index contributed by atoms with van der Waals surface area (Å²) in [6.07, 6.45) is 10.2. The highest BCUT2D eigenvalue weighted by Crippen LogP contribution is 2.10. The Morgan fingerprint density at radius 2 is 1.40 bits per heavy atom. The summed E-state index contributed by atoms with van der Waals surface area (Å²) in [7, 11) is 1.75. The fraction of sp³-hybridized carbons (Fsp3) is 0.917. The highest BCUT2D eigenvalue weighted by molar-refractivity contribution is 6.63. The van der Waals surface area contributed by atoms with Gasteiger partial charge in [0.2, 0.25) is 5.24 Å². The molecule has 2 nitrogen and oxygen atoms in total. The molecule has 0 saturated carbocycles. The fourth-order valence-corrected chi connectivity index (χ4v) is 1.70. The van der Waals surface area contributed by atoms with Crippen molar-refractivity contribution in [3.05, 3.63) is 0 Å². The van der Waals surface area contributed by atoms with E-state index >= 15 is 0 Å². The highest BCUT2D eigenvalue weighted by Gasteiger charge is 1.96. The number of halogens is 1. The van der Waals surface area contributed by atoms with Crippen molar-refractivity contribution in [3.8, 4) is 0 Å². The molecule has 0 atom stereocenters. The number of ether oxygens (including phenoxy) is 1. The third-order valence-corrected chi connectivity index (χ3v) is 2.66. The van der Waals surface area contributed by atoms with Gasteiger partial charge < -0.3 is 4.74 Å². The summed E-state index contributed by atoms with van der Waals surface area (Å²) < 4.78 is 4.98. The molecule has 0 heterocycles. The molecule has 0 aliphatic rings. The Hall–Kier alpha value is -0.0800. The molecule has 0 aromatic carbocycles. The van der Waals surface area contributed by atoms with Gasteiger partial charge in [-0.1, -0.05) is 38.5 Å². The van der Waals surface area contributed by atoms with E-state index in [1.165, 1.54) is 38.5 Å². The second kappa shape index (κ2) is 12.0. The van der Waals surface area contributed by atoms with Crippen LogP contribution in [-0.2, 0) is 9.53 Å². The van der Waals surface area contributed by atoms with Crippen molar-refractivity contribution in [3.63, 3.8) is 0 Å². The largest absolute Gasteiger partial charge is 0.385 e. The average Bonchev–Trinajstić information content (AvgIpc) is 2.20. The molecule has 0 unspecified atom stereocenters. The molecule has 0 bridgehead atoms. The molecule has 3 heteroatoms. The SMILES string of the molecule is COCCCCCCCCCCC(=O)Cl. The van der Waals surface area contributed by atoms with Crippen LogP contribution in [0.2, 0.25) is 0 Å². The lowest BCUT2D eigenvalue weighted by molar-refractivity contribution is -0.111. The molecule has 0 aromatic heterocycles. The van der Waals surface area contributed by atoms with E-state index in [4.69, 9.17) is 16.3 Å². The number of methoxy groups -OCH3 is 1. The fourth-order valence-electron chi connectivity index (χ4n) is 1.57. The van der Waals surface area contributed by atoms with Gasteiger partial charge in [-0.15, -0.1) is 0 Å². The second-order valence-electron chi connectivity index (χ2n) is 3.93. The van der Waals surface area contributed by atoms with Crippen molar-refractivity contribution in [2.75, 3.05) is 13.7 Å². The molecular formula is C12H23ClO2. The molecule has 0 spiro atoms. The van der Waals surface area contributed by atoms with Gasteiger partial charge in [0, 0.05) is 20.1 Å². The van der Waals surface area contributed by atoms with Crippen LogP contribution in [0.25, 0.3) is 0 Å². The van der Waals surface area contributed by atoms with E-state index in [0.717, 1.165) is 19.4 Å². The molecule has 0 aromatic rings. The van der Waals surface area contributed by atoms with Gasteiger partial charge >= 0.3 is 0 Å². The summed E-state index contributed by atoms with van der Waals surface area (Å²) in [6.45, 7) is 0.887. The third-order valence-electron chi connectivity index (χ3n) is 2.47. The lowest BCUT2D eigenvalue weighted by atomic mass is 10.1. The lowest BCUT2D eigenvalue weighted by Crippen LogP contribution is -1.89. The van der Waals surface area contributed by atoms with Crippen molar-refractivity contribution in [1.29, 1.82) is 0 Å². The van der Waals surface area contributed by atoms with Crippen LogP contribution in [0.15, 0.2) is 0 Å². The minimum atomic E-state index is -0.199. The summed E-state index contributed by atoms with van der Waals surface area (Å²) in [4.78, 5) is 10.4. The topological polar surface area (TPSA) is 26.3 Å². The first kappa shape index (κ1) is 14.9. The van der Waals surface area contributed by atoms with Crippen molar-refractivity contribution >= 4 is 16.8 Å². The first-order chi connectivity index (χ1) is 7.27. The molecule has 15 heavy (non-hydrogen) atoms. The molecule has 0 saturated heterocycles. The average molecular weight is 235 g/mol. The van der Waals surface area contributed by atoms with Crippen molar-refractivity contribution in [2.24, 2.45) is 0 Å². The van der Waals surface area contributed by atoms with Crippen LogP contribution < -0.4 is 0 Å². The maximum Gasteiger partial charge on any atom is 0.221 e. The van der Waals surface area contributed by atoms with Gasteiger partial charge in [-0.3, -0.25) is 4.79 Å². The molecule has 0 fully saturated rings. The molecule has 0 aliphatic heterocycles. The van der Waals surface area contributed by atoms with Crippen LogP contribution in [0.1, 0.15) is 57.8 Å². The number of unbranched alkanes of at least 4 members (excludes halogenated alkanes) is 7.